The maximum Gasteiger partial charge on any atom is 0.270 e. The number of rotatable bonds is 3. The number of carbonyl (C=O) groups is 1. The molecule has 0 saturated carbocycles. The predicted octanol–water partition coefficient (Wildman–Crippen LogP) is 2.03. The van der Waals surface area contributed by atoms with Gasteiger partial charge in [0.1, 0.15) is 22.6 Å². The zero-order chi connectivity index (χ0) is 14.8. The van der Waals surface area contributed by atoms with Gasteiger partial charge in [-0.25, -0.2) is 9.97 Å². The van der Waals surface area contributed by atoms with Crippen molar-refractivity contribution in [2.24, 2.45) is 0 Å². The maximum absolute atomic E-state index is 12.1. The molecule has 6 nitrogen and oxygen atoms in total. The third kappa shape index (κ3) is 3.03. The molecule has 106 valence electrons. The third-order valence-electron chi connectivity index (χ3n) is 2.97. The van der Waals surface area contributed by atoms with Gasteiger partial charge in [-0.15, -0.1) is 0 Å². The van der Waals surface area contributed by atoms with E-state index in [0.717, 1.165) is 22.3 Å². The standard InChI is InChI=1S/C14H13N5OS/c1-8-5-13(17-9(2)16-8)14(20)15-7-10-3-4-11-12(6-10)19-21-18-11/h3-6H,7H2,1-2H3,(H,15,20). The fraction of sp³-hybridized carbons (Fsp3) is 0.214. The quantitative estimate of drug-likeness (QED) is 0.800. The predicted molar refractivity (Wildman–Crippen MR) is 80.1 cm³/mol. The van der Waals surface area contributed by atoms with Gasteiger partial charge in [-0.05, 0) is 37.6 Å². The summed E-state index contributed by atoms with van der Waals surface area (Å²) in [5.41, 5.74) is 3.86. The molecule has 3 aromatic rings. The van der Waals surface area contributed by atoms with E-state index in [1.807, 2.05) is 25.1 Å². The summed E-state index contributed by atoms with van der Waals surface area (Å²) in [5.74, 6) is 0.384. The van der Waals surface area contributed by atoms with Crippen molar-refractivity contribution >= 4 is 28.7 Å². The van der Waals surface area contributed by atoms with E-state index in [9.17, 15) is 4.79 Å². The molecule has 0 saturated heterocycles. The van der Waals surface area contributed by atoms with Gasteiger partial charge in [0.05, 0.1) is 11.7 Å². The SMILES string of the molecule is Cc1cc(C(=O)NCc2ccc3nsnc3c2)nc(C)n1. The smallest absolute Gasteiger partial charge is 0.270 e. The second-order valence-corrected chi connectivity index (χ2v) is 5.24. The fourth-order valence-corrected chi connectivity index (χ4v) is 2.56. The Bertz CT molecular complexity index is 794. The molecular weight excluding hydrogens is 286 g/mol. The van der Waals surface area contributed by atoms with Gasteiger partial charge in [0, 0.05) is 12.2 Å². The van der Waals surface area contributed by atoms with Crippen LogP contribution in [0.2, 0.25) is 0 Å². The van der Waals surface area contributed by atoms with E-state index < -0.39 is 0 Å². The minimum Gasteiger partial charge on any atom is -0.347 e. The minimum atomic E-state index is -0.208. The molecule has 3 rings (SSSR count). The Morgan fingerprint density at radius 1 is 1.14 bits per heavy atom. The number of aromatic nitrogens is 4. The Hall–Kier alpha value is -2.41. The van der Waals surface area contributed by atoms with E-state index in [4.69, 9.17) is 0 Å². The largest absolute Gasteiger partial charge is 0.347 e. The lowest BCUT2D eigenvalue weighted by molar-refractivity contribution is 0.0945. The highest BCUT2D eigenvalue weighted by molar-refractivity contribution is 7.00. The van der Waals surface area contributed by atoms with E-state index >= 15 is 0 Å². The van der Waals surface area contributed by atoms with Crippen molar-refractivity contribution in [2.45, 2.75) is 20.4 Å². The van der Waals surface area contributed by atoms with Gasteiger partial charge in [-0.3, -0.25) is 4.79 Å². The molecule has 0 aliphatic heterocycles. The lowest BCUT2D eigenvalue weighted by Crippen LogP contribution is -2.24. The molecule has 2 aromatic heterocycles. The summed E-state index contributed by atoms with van der Waals surface area (Å²) in [5, 5.41) is 2.85. The molecule has 21 heavy (non-hydrogen) atoms. The first-order valence-corrected chi connectivity index (χ1v) is 7.16. The van der Waals surface area contributed by atoms with Crippen LogP contribution in [-0.2, 0) is 6.54 Å². The summed E-state index contributed by atoms with van der Waals surface area (Å²) < 4.78 is 8.33. The average molecular weight is 299 g/mol. The van der Waals surface area contributed by atoms with Crippen LogP contribution in [0, 0.1) is 13.8 Å². The molecule has 1 amide bonds. The van der Waals surface area contributed by atoms with Crippen molar-refractivity contribution in [3.05, 3.63) is 47.0 Å². The van der Waals surface area contributed by atoms with Crippen LogP contribution in [0.5, 0.6) is 0 Å². The normalized spacial score (nSPS) is 10.8. The summed E-state index contributed by atoms with van der Waals surface area (Å²) in [6, 6.07) is 7.44. The van der Waals surface area contributed by atoms with Crippen molar-refractivity contribution in [3.63, 3.8) is 0 Å². The average Bonchev–Trinajstić information content (AvgIpc) is 2.91. The molecule has 0 aliphatic carbocycles. The second-order valence-electron chi connectivity index (χ2n) is 4.71. The summed E-state index contributed by atoms with van der Waals surface area (Å²) in [6.07, 6.45) is 0. The van der Waals surface area contributed by atoms with E-state index in [2.05, 4.69) is 24.0 Å². The highest BCUT2D eigenvalue weighted by Gasteiger charge is 2.09. The lowest BCUT2D eigenvalue weighted by Gasteiger charge is -2.06. The van der Waals surface area contributed by atoms with Crippen molar-refractivity contribution in [2.75, 3.05) is 0 Å². The first-order chi connectivity index (χ1) is 10.1. The molecule has 0 bridgehead atoms. The van der Waals surface area contributed by atoms with Crippen LogP contribution < -0.4 is 5.32 Å². The van der Waals surface area contributed by atoms with Crippen molar-refractivity contribution < 1.29 is 4.79 Å². The van der Waals surface area contributed by atoms with Gasteiger partial charge in [0.2, 0.25) is 0 Å². The van der Waals surface area contributed by atoms with E-state index in [1.54, 1.807) is 13.0 Å². The first kappa shape index (κ1) is 13.6. The molecule has 1 aromatic carbocycles. The number of carbonyl (C=O) groups excluding carboxylic acids is 1. The molecule has 0 spiro atoms. The highest BCUT2D eigenvalue weighted by Crippen LogP contribution is 2.13. The molecule has 0 atom stereocenters. The Morgan fingerprint density at radius 3 is 2.76 bits per heavy atom. The number of aryl methyl sites for hydroxylation is 2. The highest BCUT2D eigenvalue weighted by atomic mass is 32.1. The maximum atomic E-state index is 12.1. The zero-order valence-electron chi connectivity index (χ0n) is 11.6. The van der Waals surface area contributed by atoms with E-state index in [1.165, 1.54) is 11.7 Å². The van der Waals surface area contributed by atoms with Crippen molar-refractivity contribution in [1.29, 1.82) is 0 Å². The molecule has 0 radical (unpaired) electrons. The van der Waals surface area contributed by atoms with E-state index in [-0.39, 0.29) is 5.91 Å². The molecule has 7 heteroatoms. The molecule has 0 unspecified atom stereocenters. The van der Waals surface area contributed by atoms with Gasteiger partial charge in [0.15, 0.2) is 0 Å². The third-order valence-corrected chi connectivity index (χ3v) is 3.53. The van der Waals surface area contributed by atoms with Gasteiger partial charge < -0.3 is 5.32 Å². The Labute approximate surface area is 125 Å². The molecule has 0 aliphatic rings. The summed E-state index contributed by atoms with van der Waals surface area (Å²) in [4.78, 5) is 20.4. The topological polar surface area (TPSA) is 80.7 Å². The molecule has 1 N–H and O–H groups in total. The van der Waals surface area contributed by atoms with Crippen LogP contribution in [0.4, 0.5) is 0 Å². The molecular formula is C14H13N5OS. The van der Waals surface area contributed by atoms with Gasteiger partial charge in [-0.1, -0.05) is 6.07 Å². The van der Waals surface area contributed by atoms with Crippen molar-refractivity contribution in [1.82, 2.24) is 24.0 Å². The summed E-state index contributed by atoms with van der Waals surface area (Å²) in [6.45, 7) is 4.04. The second kappa shape index (κ2) is 5.53. The summed E-state index contributed by atoms with van der Waals surface area (Å²) >= 11 is 1.18. The monoisotopic (exact) mass is 299 g/mol. The van der Waals surface area contributed by atoms with Crippen LogP contribution >= 0.6 is 11.7 Å². The van der Waals surface area contributed by atoms with Crippen LogP contribution in [0.15, 0.2) is 24.3 Å². The van der Waals surface area contributed by atoms with Crippen LogP contribution in [-0.4, -0.2) is 24.6 Å². The minimum absolute atomic E-state index is 0.208. The van der Waals surface area contributed by atoms with Crippen LogP contribution in [0.1, 0.15) is 27.6 Å². The fourth-order valence-electron chi connectivity index (χ4n) is 2.04. The van der Waals surface area contributed by atoms with E-state index in [0.29, 0.717) is 18.1 Å². The Morgan fingerprint density at radius 2 is 1.95 bits per heavy atom. The Balaban J connectivity index is 1.72. The Kier molecular flexibility index (Phi) is 3.57. The van der Waals surface area contributed by atoms with Gasteiger partial charge >= 0.3 is 0 Å². The summed E-state index contributed by atoms with van der Waals surface area (Å²) in [7, 11) is 0. The number of fused-ring (bicyclic) bond motifs is 1. The van der Waals surface area contributed by atoms with Crippen molar-refractivity contribution in [3.8, 4) is 0 Å². The number of nitrogens with zero attached hydrogens (tertiary/aromatic N) is 4. The molecule has 2 heterocycles. The number of nitrogens with one attached hydrogen (secondary N) is 1. The first-order valence-electron chi connectivity index (χ1n) is 6.43. The van der Waals surface area contributed by atoms with Crippen LogP contribution in [0.25, 0.3) is 11.0 Å². The van der Waals surface area contributed by atoms with Crippen LogP contribution in [0.3, 0.4) is 0 Å². The van der Waals surface area contributed by atoms with Gasteiger partial charge in [-0.2, -0.15) is 8.75 Å². The zero-order valence-corrected chi connectivity index (χ0v) is 12.4. The lowest BCUT2D eigenvalue weighted by atomic mass is 10.2. The number of amides is 1. The molecule has 0 fully saturated rings. The number of hydrogen-bond donors (Lipinski definition) is 1. The number of benzene rings is 1. The van der Waals surface area contributed by atoms with Gasteiger partial charge in [0.25, 0.3) is 5.91 Å². The number of hydrogen-bond acceptors (Lipinski definition) is 6.